The maximum atomic E-state index is 12.4. The van der Waals surface area contributed by atoms with Crippen molar-refractivity contribution >= 4 is 11.9 Å². The monoisotopic (exact) mass is 319 g/mol. The number of rotatable bonds is 3. The highest BCUT2D eigenvalue weighted by Crippen LogP contribution is 2.30. The number of carboxylic acids is 1. The van der Waals surface area contributed by atoms with Gasteiger partial charge < -0.3 is 10.0 Å². The van der Waals surface area contributed by atoms with Crippen LogP contribution >= 0.6 is 0 Å². The number of carbonyl (C=O) groups is 2. The van der Waals surface area contributed by atoms with Crippen molar-refractivity contribution in [1.82, 2.24) is 14.7 Å². The molecule has 22 heavy (non-hydrogen) atoms. The van der Waals surface area contributed by atoms with Crippen LogP contribution in [-0.2, 0) is 22.3 Å². The maximum absolute atomic E-state index is 12.4. The molecular formula is C13H16F3N3O3. The molecule has 1 aliphatic rings. The minimum atomic E-state index is -4.55. The van der Waals surface area contributed by atoms with Gasteiger partial charge in [-0.3, -0.25) is 14.3 Å². The van der Waals surface area contributed by atoms with Crippen molar-refractivity contribution in [1.29, 1.82) is 0 Å². The fourth-order valence-corrected chi connectivity index (χ4v) is 2.47. The Balaban J connectivity index is 2.03. The second-order valence-electron chi connectivity index (χ2n) is 5.68. The SMILES string of the molecule is CC1(C(=O)O)CCCN(C(=O)Cn2ccc(C(F)(F)F)n2)C1. The van der Waals surface area contributed by atoms with Gasteiger partial charge >= 0.3 is 12.1 Å². The molecule has 0 spiro atoms. The van der Waals surface area contributed by atoms with Gasteiger partial charge in [-0.1, -0.05) is 0 Å². The number of likely N-dealkylation sites (tertiary alicyclic amines) is 1. The molecule has 2 heterocycles. The lowest BCUT2D eigenvalue weighted by atomic mass is 9.82. The standard InChI is InChI=1S/C13H16F3N3O3/c1-12(11(21)22)4-2-5-18(8-12)10(20)7-19-6-3-9(17-19)13(14,15)16/h3,6H,2,4-5,7-8H2,1H3,(H,21,22). The molecule has 0 aliphatic carbocycles. The Morgan fingerprint density at radius 3 is 2.68 bits per heavy atom. The third-order valence-electron chi connectivity index (χ3n) is 3.79. The number of carboxylic acid groups (broad SMARTS) is 1. The Morgan fingerprint density at radius 2 is 2.14 bits per heavy atom. The van der Waals surface area contributed by atoms with Crippen molar-refractivity contribution in [3.63, 3.8) is 0 Å². The molecule has 9 heteroatoms. The van der Waals surface area contributed by atoms with Gasteiger partial charge in [0.05, 0.1) is 5.41 Å². The van der Waals surface area contributed by atoms with E-state index in [-0.39, 0.29) is 13.1 Å². The number of alkyl halides is 3. The summed E-state index contributed by atoms with van der Waals surface area (Å²) >= 11 is 0. The van der Waals surface area contributed by atoms with E-state index in [4.69, 9.17) is 0 Å². The Hall–Kier alpha value is -2.06. The number of aromatic nitrogens is 2. The lowest BCUT2D eigenvalue weighted by Crippen LogP contribution is -2.49. The van der Waals surface area contributed by atoms with Gasteiger partial charge in [0, 0.05) is 19.3 Å². The summed E-state index contributed by atoms with van der Waals surface area (Å²) in [4.78, 5) is 24.7. The third kappa shape index (κ3) is 3.40. The van der Waals surface area contributed by atoms with E-state index in [1.807, 2.05) is 0 Å². The van der Waals surface area contributed by atoms with Crippen molar-refractivity contribution in [3.05, 3.63) is 18.0 Å². The average molecular weight is 319 g/mol. The molecule has 1 unspecified atom stereocenters. The van der Waals surface area contributed by atoms with Crippen LogP contribution in [0.3, 0.4) is 0 Å². The summed E-state index contributed by atoms with van der Waals surface area (Å²) in [6.07, 6.45) is -2.46. The quantitative estimate of drug-likeness (QED) is 0.918. The summed E-state index contributed by atoms with van der Waals surface area (Å²) in [6.45, 7) is 1.67. The number of aliphatic carboxylic acids is 1. The Labute approximate surface area is 124 Å². The first kappa shape index (κ1) is 16.3. The van der Waals surface area contributed by atoms with Crippen LogP contribution in [0, 0.1) is 5.41 Å². The highest BCUT2D eigenvalue weighted by Gasteiger charge is 2.39. The zero-order valence-electron chi connectivity index (χ0n) is 11.9. The summed E-state index contributed by atoms with van der Waals surface area (Å²) in [5, 5.41) is 12.5. The normalized spacial score (nSPS) is 22.6. The van der Waals surface area contributed by atoms with Crippen LogP contribution in [0.4, 0.5) is 13.2 Å². The van der Waals surface area contributed by atoms with Crippen LogP contribution in [-0.4, -0.2) is 44.8 Å². The van der Waals surface area contributed by atoms with E-state index in [9.17, 15) is 27.9 Å². The van der Waals surface area contributed by atoms with E-state index < -0.39 is 29.2 Å². The van der Waals surface area contributed by atoms with Crippen LogP contribution in [0.2, 0.25) is 0 Å². The van der Waals surface area contributed by atoms with Gasteiger partial charge in [0.25, 0.3) is 0 Å². The second kappa shape index (κ2) is 5.62. The van der Waals surface area contributed by atoms with Crippen LogP contribution < -0.4 is 0 Å². The van der Waals surface area contributed by atoms with Crippen LogP contribution in [0.5, 0.6) is 0 Å². The predicted octanol–water partition coefficient (Wildman–Crippen LogP) is 1.62. The molecule has 1 aromatic rings. The van der Waals surface area contributed by atoms with Crippen molar-refractivity contribution < 1.29 is 27.9 Å². The molecule has 1 fully saturated rings. The number of hydrogen-bond donors (Lipinski definition) is 1. The van der Waals surface area contributed by atoms with Gasteiger partial charge in [-0.2, -0.15) is 18.3 Å². The molecule has 0 aromatic carbocycles. The number of hydrogen-bond acceptors (Lipinski definition) is 3. The first-order chi connectivity index (χ1) is 10.1. The fourth-order valence-electron chi connectivity index (χ4n) is 2.47. The Morgan fingerprint density at radius 1 is 1.45 bits per heavy atom. The smallest absolute Gasteiger partial charge is 0.435 e. The summed E-state index contributed by atoms with van der Waals surface area (Å²) in [7, 11) is 0. The Bertz CT molecular complexity index is 585. The van der Waals surface area contributed by atoms with Gasteiger partial charge in [-0.05, 0) is 25.8 Å². The summed E-state index contributed by atoms with van der Waals surface area (Å²) in [5.41, 5.74) is -2.08. The van der Waals surface area contributed by atoms with Gasteiger partial charge in [-0.25, -0.2) is 0 Å². The molecule has 1 atom stereocenters. The average Bonchev–Trinajstić information content (AvgIpc) is 2.87. The molecule has 0 radical (unpaired) electrons. The van der Waals surface area contributed by atoms with Gasteiger partial charge in [-0.15, -0.1) is 0 Å². The first-order valence-electron chi connectivity index (χ1n) is 6.74. The molecule has 1 saturated heterocycles. The van der Waals surface area contributed by atoms with E-state index >= 15 is 0 Å². The molecule has 1 aromatic heterocycles. The molecule has 6 nitrogen and oxygen atoms in total. The van der Waals surface area contributed by atoms with Crippen molar-refractivity contribution in [3.8, 4) is 0 Å². The van der Waals surface area contributed by atoms with E-state index in [1.165, 1.54) is 4.90 Å². The number of amides is 1. The first-order valence-corrected chi connectivity index (χ1v) is 6.74. The minimum absolute atomic E-state index is 0.0502. The van der Waals surface area contributed by atoms with Crippen LogP contribution in [0.25, 0.3) is 0 Å². The minimum Gasteiger partial charge on any atom is -0.481 e. The lowest BCUT2D eigenvalue weighted by molar-refractivity contribution is -0.154. The summed E-state index contributed by atoms with van der Waals surface area (Å²) < 4.78 is 38.3. The highest BCUT2D eigenvalue weighted by atomic mass is 19.4. The third-order valence-corrected chi connectivity index (χ3v) is 3.79. The van der Waals surface area contributed by atoms with E-state index in [0.29, 0.717) is 19.4 Å². The molecule has 1 aliphatic heterocycles. The van der Waals surface area contributed by atoms with E-state index in [0.717, 1.165) is 16.9 Å². The number of halogens is 3. The molecule has 0 bridgehead atoms. The Kier molecular flexibility index (Phi) is 4.17. The van der Waals surface area contributed by atoms with Gasteiger partial charge in [0.1, 0.15) is 6.54 Å². The second-order valence-corrected chi connectivity index (χ2v) is 5.68. The highest BCUT2D eigenvalue weighted by molar-refractivity contribution is 5.79. The maximum Gasteiger partial charge on any atom is 0.435 e. The van der Waals surface area contributed by atoms with Crippen molar-refractivity contribution in [2.45, 2.75) is 32.5 Å². The molecular weight excluding hydrogens is 303 g/mol. The van der Waals surface area contributed by atoms with Gasteiger partial charge in [0.2, 0.25) is 5.91 Å². The fraction of sp³-hybridized carbons (Fsp3) is 0.615. The molecule has 122 valence electrons. The van der Waals surface area contributed by atoms with Crippen molar-refractivity contribution in [2.24, 2.45) is 5.41 Å². The van der Waals surface area contributed by atoms with Crippen LogP contribution in [0.15, 0.2) is 12.3 Å². The van der Waals surface area contributed by atoms with E-state index in [2.05, 4.69) is 5.10 Å². The largest absolute Gasteiger partial charge is 0.481 e. The molecule has 2 rings (SSSR count). The van der Waals surface area contributed by atoms with Crippen LogP contribution in [0.1, 0.15) is 25.5 Å². The molecule has 1 amide bonds. The number of piperidine rings is 1. The molecule has 0 saturated carbocycles. The zero-order chi connectivity index (χ0) is 16.5. The summed E-state index contributed by atoms with van der Waals surface area (Å²) in [6, 6.07) is 0.796. The predicted molar refractivity (Wildman–Crippen MR) is 68.8 cm³/mol. The molecule has 1 N–H and O–H groups in total. The number of nitrogens with zero attached hydrogens (tertiary/aromatic N) is 3. The number of carbonyl (C=O) groups excluding carboxylic acids is 1. The summed E-state index contributed by atoms with van der Waals surface area (Å²) in [5.74, 6) is -1.42. The topological polar surface area (TPSA) is 75.4 Å². The van der Waals surface area contributed by atoms with E-state index in [1.54, 1.807) is 6.92 Å². The lowest BCUT2D eigenvalue weighted by Gasteiger charge is -2.37. The van der Waals surface area contributed by atoms with Gasteiger partial charge in [0.15, 0.2) is 5.69 Å². The zero-order valence-corrected chi connectivity index (χ0v) is 11.9. The van der Waals surface area contributed by atoms with Crippen molar-refractivity contribution in [2.75, 3.05) is 13.1 Å².